The molecule has 2 amide bonds. The number of amides is 2. The highest BCUT2D eigenvalue weighted by molar-refractivity contribution is 7.99. The maximum absolute atomic E-state index is 13.3. The third-order valence-electron chi connectivity index (χ3n) is 5.05. The van der Waals surface area contributed by atoms with Gasteiger partial charge in [0.25, 0.3) is 5.91 Å². The molecule has 1 saturated heterocycles. The maximum atomic E-state index is 13.3. The van der Waals surface area contributed by atoms with Crippen molar-refractivity contribution in [2.45, 2.75) is 6.04 Å². The number of fused-ring (bicyclic) bond motifs is 1. The minimum absolute atomic E-state index is 0.219. The Kier molecular flexibility index (Phi) is 5.43. The summed E-state index contributed by atoms with van der Waals surface area (Å²) >= 11 is 8.08. The molecular formula is C21H20ClN3O3S. The van der Waals surface area contributed by atoms with Gasteiger partial charge in [-0.15, -0.1) is 11.8 Å². The minimum atomic E-state index is -0.566. The molecule has 2 aromatic carbocycles. The summed E-state index contributed by atoms with van der Waals surface area (Å²) in [5.74, 6) is 1.23. The molecule has 8 heteroatoms. The van der Waals surface area contributed by atoms with Gasteiger partial charge in [0, 0.05) is 29.4 Å². The number of carbonyl (C=O) groups is 2. The lowest BCUT2D eigenvalue weighted by molar-refractivity contribution is -0.119. The summed E-state index contributed by atoms with van der Waals surface area (Å²) in [6, 6.07) is 14.1. The topological polar surface area (TPSA) is 63.6 Å². The quantitative estimate of drug-likeness (QED) is 0.681. The summed E-state index contributed by atoms with van der Waals surface area (Å²) in [5.41, 5.74) is 1.94. The highest BCUT2D eigenvalue weighted by atomic mass is 35.5. The van der Waals surface area contributed by atoms with Gasteiger partial charge >= 0.3 is 0 Å². The number of hydrogen-bond acceptors (Lipinski definition) is 4. The molecule has 1 atom stereocenters. The standard InChI is InChI=1S/C21H20ClN3O3S/c1-24-16-6-4-3-5-15(16)18(22)19(24)21(27)25-12-29-11-17(25)20(26)23-13-7-9-14(28-2)10-8-13/h3-10,17H,11-12H2,1-2H3,(H,23,26). The second-order valence-electron chi connectivity index (χ2n) is 6.75. The fourth-order valence-corrected chi connectivity index (χ4v) is 5.00. The molecule has 1 N–H and O–H groups in total. The van der Waals surface area contributed by atoms with Crippen molar-refractivity contribution in [1.29, 1.82) is 0 Å². The van der Waals surface area contributed by atoms with Gasteiger partial charge in [-0.3, -0.25) is 9.59 Å². The molecule has 1 unspecified atom stereocenters. The Bertz CT molecular complexity index is 1040. The largest absolute Gasteiger partial charge is 0.497 e. The van der Waals surface area contributed by atoms with Crippen LogP contribution in [0, 0.1) is 0 Å². The van der Waals surface area contributed by atoms with Gasteiger partial charge in [-0.2, -0.15) is 0 Å². The number of methoxy groups -OCH3 is 1. The van der Waals surface area contributed by atoms with E-state index in [2.05, 4.69) is 5.32 Å². The monoisotopic (exact) mass is 429 g/mol. The van der Waals surface area contributed by atoms with E-state index >= 15 is 0 Å². The first kappa shape index (κ1) is 19.7. The summed E-state index contributed by atoms with van der Waals surface area (Å²) in [5, 5.41) is 4.13. The summed E-state index contributed by atoms with van der Waals surface area (Å²) in [7, 11) is 3.40. The van der Waals surface area contributed by atoms with Gasteiger partial charge < -0.3 is 19.5 Å². The molecule has 0 saturated carbocycles. The molecule has 0 spiro atoms. The van der Waals surface area contributed by atoms with Crippen LogP contribution in [0.25, 0.3) is 10.9 Å². The second kappa shape index (κ2) is 8.00. The van der Waals surface area contributed by atoms with E-state index in [1.807, 2.05) is 31.3 Å². The predicted molar refractivity (Wildman–Crippen MR) is 117 cm³/mol. The van der Waals surface area contributed by atoms with Crippen LogP contribution in [0.3, 0.4) is 0 Å². The minimum Gasteiger partial charge on any atom is -0.497 e. The number of para-hydroxylation sites is 1. The summed E-state index contributed by atoms with van der Waals surface area (Å²) in [4.78, 5) is 27.8. The van der Waals surface area contributed by atoms with E-state index in [9.17, 15) is 9.59 Å². The maximum Gasteiger partial charge on any atom is 0.273 e. The third-order valence-corrected chi connectivity index (χ3v) is 6.45. The highest BCUT2D eigenvalue weighted by Crippen LogP contribution is 2.33. The van der Waals surface area contributed by atoms with Crippen LogP contribution >= 0.6 is 23.4 Å². The van der Waals surface area contributed by atoms with Crippen LogP contribution in [0.4, 0.5) is 5.69 Å². The molecule has 3 aromatic rings. The fraction of sp³-hybridized carbons (Fsp3) is 0.238. The molecule has 1 aliphatic heterocycles. The smallest absolute Gasteiger partial charge is 0.273 e. The van der Waals surface area contributed by atoms with Gasteiger partial charge in [-0.05, 0) is 30.3 Å². The Morgan fingerprint density at radius 1 is 1.17 bits per heavy atom. The SMILES string of the molecule is COc1ccc(NC(=O)C2CSCN2C(=O)c2c(Cl)c3ccccc3n2C)cc1. The van der Waals surface area contributed by atoms with Crippen LogP contribution in [0.1, 0.15) is 10.5 Å². The first-order valence-electron chi connectivity index (χ1n) is 9.08. The summed E-state index contributed by atoms with van der Waals surface area (Å²) in [6.07, 6.45) is 0. The number of benzene rings is 2. The van der Waals surface area contributed by atoms with Gasteiger partial charge in [0.2, 0.25) is 5.91 Å². The van der Waals surface area contributed by atoms with E-state index in [0.717, 1.165) is 10.9 Å². The number of halogens is 1. The molecule has 1 aromatic heterocycles. The van der Waals surface area contributed by atoms with Crippen LogP contribution in [-0.4, -0.2) is 46.1 Å². The molecule has 4 rings (SSSR count). The summed E-state index contributed by atoms with van der Waals surface area (Å²) < 4.78 is 6.93. The zero-order valence-electron chi connectivity index (χ0n) is 16.0. The zero-order valence-corrected chi connectivity index (χ0v) is 17.6. The first-order valence-corrected chi connectivity index (χ1v) is 10.6. The number of ether oxygens (including phenoxy) is 1. The highest BCUT2D eigenvalue weighted by Gasteiger charge is 2.37. The van der Waals surface area contributed by atoms with Crippen molar-refractivity contribution < 1.29 is 14.3 Å². The van der Waals surface area contributed by atoms with E-state index in [4.69, 9.17) is 16.3 Å². The lowest BCUT2D eigenvalue weighted by atomic mass is 10.2. The molecule has 2 heterocycles. The van der Waals surface area contributed by atoms with E-state index in [-0.39, 0.29) is 11.8 Å². The Hall–Kier alpha value is -2.64. The number of aromatic nitrogens is 1. The third kappa shape index (κ3) is 3.56. The Balaban J connectivity index is 1.58. The Labute approximate surface area is 177 Å². The van der Waals surface area contributed by atoms with E-state index < -0.39 is 6.04 Å². The lowest BCUT2D eigenvalue weighted by Gasteiger charge is -2.23. The molecule has 0 radical (unpaired) electrons. The molecule has 29 heavy (non-hydrogen) atoms. The van der Waals surface area contributed by atoms with Crippen LogP contribution < -0.4 is 10.1 Å². The number of aryl methyl sites for hydroxylation is 1. The second-order valence-corrected chi connectivity index (χ2v) is 8.12. The number of nitrogens with zero attached hydrogens (tertiary/aromatic N) is 2. The number of nitrogens with one attached hydrogen (secondary N) is 1. The van der Waals surface area contributed by atoms with E-state index in [1.165, 1.54) is 0 Å². The van der Waals surface area contributed by atoms with Gasteiger partial charge in [0.1, 0.15) is 17.5 Å². The van der Waals surface area contributed by atoms with E-state index in [0.29, 0.717) is 33.8 Å². The van der Waals surface area contributed by atoms with Crippen LogP contribution in [0.5, 0.6) is 5.75 Å². The van der Waals surface area contributed by atoms with Crippen LogP contribution in [0.15, 0.2) is 48.5 Å². The lowest BCUT2D eigenvalue weighted by Crippen LogP contribution is -2.45. The van der Waals surface area contributed by atoms with Crippen molar-refractivity contribution in [2.24, 2.45) is 7.05 Å². The number of carbonyl (C=O) groups excluding carboxylic acids is 2. The predicted octanol–water partition coefficient (Wildman–Crippen LogP) is 3.99. The Morgan fingerprint density at radius 2 is 1.90 bits per heavy atom. The molecule has 1 fully saturated rings. The van der Waals surface area contributed by atoms with E-state index in [1.54, 1.807) is 52.6 Å². The van der Waals surface area contributed by atoms with Crippen molar-refractivity contribution in [3.05, 3.63) is 59.2 Å². The van der Waals surface area contributed by atoms with Gasteiger partial charge in [0.15, 0.2) is 0 Å². The number of thioether (sulfide) groups is 1. The van der Waals surface area contributed by atoms with Crippen molar-refractivity contribution in [2.75, 3.05) is 24.1 Å². The van der Waals surface area contributed by atoms with Gasteiger partial charge in [-0.1, -0.05) is 29.8 Å². The van der Waals surface area contributed by atoms with Crippen LogP contribution in [-0.2, 0) is 11.8 Å². The molecule has 0 aliphatic carbocycles. The zero-order chi connectivity index (χ0) is 20.5. The average Bonchev–Trinajstić information content (AvgIpc) is 3.32. The molecular weight excluding hydrogens is 410 g/mol. The van der Waals surface area contributed by atoms with Gasteiger partial charge in [0.05, 0.1) is 18.0 Å². The first-order chi connectivity index (χ1) is 14.0. The Morgan fingerprint density at radius 3 is 2.59 bits per heavy atom. The average molecular weight is 430 g/mol. The van der Waals surface area contributed by atoms with Crippen molar-refractivity contribution in [1.82, 2.24) is 9.47 Å². The number of hydrogen-bond donors (Lipinski definition) is 1. The normalized spacial score (nSPS) is 16.2. The van der Waals surface area contributed by atoms with Crippen LogP contribution in [0.2, 0.25) is 5.02 Å². The number of anilines is 1. The summed E-state index contributed by atoms with van der Waals surface area (Å²) in [6.45, 7) is 0. The van der Waals surface area contributed by atoms with Crippen molar-refractivity contribution >= 4 is 51.8 Å². The molecule has 1 aliphatic rings. The fourth-order valence-electron chi connectivity index (χ4n) is 3.48. The van der Waals surface area contributed by atoms with Crippen molar-refractivity contribution in [3.63, 3.8) is 0 Å². The van der Waals surface area contributed by atoms with Crippen molar-refractivity contribution in [3.8, 4) is 5.75 Å². The molecule has 6 nitrogen and oxygen atoms in total. The van der Waals surface area contributed by atoms with Gasteiger partial charge in [-0.25, -0.2) is 0 Å². The number of rotatable bonds is 4. The molecule has 150 valence electrons. The molecule has 0 bridgehead atoms.